The second-order valence-electron chi connectivity index (χ2n) is 4.59. The van der Waals surface area contributed by atoms with Gasteiger partial charge in [-0.05, 0) is 48.9 Å². The number of aryl methyl sites for hydroxylation is 1. The minimum absolute atomic E-state index is 0.192. The molecule has 2 nitrogen and oxygen atoms in total. The van der Waals surface area contributed by atoms with Crippen molar-refractivity contribution in [1.29, 1.82) is 0 Å². The average molecular weight is 310 g/mol. The Morgan fingerprint density at radius 3 is 2.14 bits per heavy atom. The van der Waals surface area contributed by atoms with E-state index < -0.39 is 11.7 Å². The van der Waals surface area contributed by atoms with Gasteiger partial charge in [0.15, 0.2) is 0 Å². The topological polar surface area (TPSA) is 38.0 Å². The molecule has 2 rings (SSSR count). The molecule has 3 N–H and O–H groups in total. The van der Waals surface area contributed by atoms with Crippen LogP contribution in [0.5, 0.6) is 0 Å². The summed E-state index contributed by atoms with van der Waals surface area (Å²) >= 11 is 4.84. The van der Waals surface area contributed by atoms with Crippen LogP contribution in [0.4, 0.5) is 24.5 Å². The van der Waals surface area contributed by atoms with Crippen LogP contribution in [0, 0.1) is 6.92 Å². The number of thiocarbonyl (C=S) groups is 1. The zero-order valence-corrected chi connectivity index (χ0v) is 12.0. The Hall–Kier alpha value is -2.08. The molecule has 0 aliphatic heterocycles. The van der Waals surface area contributed by atoms with Gasteiger partial charge < -0.3 is 11.1 Å². The molecule has 0 aliphatic carbocycles. The summed E-state index contributed by atoms with van der Waals surface area (Å²) in [5.41, 5.74) is 6.77. The van der Waals surface area contributed by atoms with Crippen LogP contribution in [-0.2, 0) is 6.18 Å². The molecule has 0 fully saturated rings. The average Bonchev–Trinajstić information content (AvgIpc) is 2.40. The largest absolute Gasteiger partial charge is 0.416 e. The van der Waals surface area contributed by atoms with E-state index in [1.807, 2.05) is 0 Å². The SMILES string of the molecule is Cc1ccc(Nc2ccc(C(N)=S)cc2)cc1C(F)(F)F. The summed E-state index contributed by atoms with van der Waals surface area (Å²) in [4.78, 5) is 0.274. The van der Waals surface area contributed by atoms with Gasteiger partial charge in [-0.1, -0.05) is 18.3 Å². The van der Waals surface area contributed by atoms with Crippen molar-refractivity contribution in [2.75, 3.05) is 5.32 Å². The summed E-state index contributed by atoms with van der Waals surface area (Å²) < 4.78 is 38.6. The lowest BCUT2D eigenvalue weighted by Crippen LogP contribution is -2.09. The molecule has 6 heteroatoms. The van der Waals surface area contributed by atoms with Crippen molar-refractivity contribution in [3.05, 3.63) is 59.2 Å². The van der Waals surface area contributed by atoms with E-state index in [1.165, 1.54) is 13.0 Å². The van der Waals surface area contributed by atoms with Crippen molar-refractivity contribution in [2.45, 2.75) is 13.1 Å². The molecule has 0 radical (unpaired) electrons. The zero-order chi connectivity index (χ0) is 15.6. The first kappa shape index (κ1) is 15.3. The van der Waals surface area contributed by atoms with Gasteiger partial charge in [-0.15, -0.1) is 0 Å². The first-order chi connectivity index (χ1) is 9.77. The van der Waals surface area contributed by atoms with Crippen LogP contribution < -0.4 is 11.1 Å². The van der Waals surface area contributed by atoms with Crippen molar-refractivity contribution in [3.8, 4) is 0 Å². The number of halogens is 3. The molecule has 2 aromatic rings. The van der Waals surface area contributed by atoms with Gasteiger partial charge in [0.25, 0.3) is 0 Å². The third-order valence-corrected chi connectivity index (χ3v) is 3.24. The van der Waals surface area contributed by atoms with Crippen molar-refractivity contribution in [1.82, 2.24) is 0 Å². The molecule has 0 bridgehead atoms. The van der Waals surface area contributed by atoms with E-state index in [1.54, 1.807) is 30.3 Å². The van der Waals surface area contributed by atoms with Gasteiger partial charge in [0.1, 0.15) is 4.99 Å². The van der Waals surface area contributed by atoms with E-state index in [2.05, 4.69) is 5.32 Å². The zero-order valence-electron chi connectivity index (χ0n) is 11.2. The second kappa shape index (κ2) is 5.73. The molecule has 0 spiro atoms. The van der Waals surface area contributed by atoms with E-state index in [0.717, 1.165) is 6.07 Å². The smallest absolute Gasteiger partial charge is 0.389 e. The first-order valence-corrected chi connectivity index (χ1v) is 6.53. The fourth-order valence-corrected chi connectivity index (χ4v) is 2.03. The number of nitrogens with two attached hydrogens (primary N) is 1. The summed E-state index contributed by atoms with van der Waals surface area (Å²) in [7, 11) is 0. The predicted octanol–water partition coefficient (Wildman–Crippen LogP) is 4.39. The van der Waals surface area contributed by atoms with E-state index in [-0.39, 0.29) is 10.6 Å². The van der Waals surface area contributed by atoms with Gasteiger partial charge in [-0.2, -0.15) is 13.2 Å². The maximum atomic E-state index is 12.9. The van der Waals surface area contributed by atoms with E-state index >= 15 is 0 Å². The highest BCUT2D eigenvalue weighted by Crippen LogP contribution is 2.34. The van der Waals surface area contributed by atoms with Gasteiger partial charge in [0, 0.05) is 16.9 Å². The summed E-state index contributed by atoms with van der Waals surface area (Å²) in [5.74, 6) is 0. The van der Waals surface area contributed by atoms with Crippen molar-refractivity contribution in [2.24, 2.45) is 5.73 Å². The minimum Gasteiger partial charge on any atom is -0.389 e. The Balaban J connectivity index is 2.26. The molecule has 0 aliphatic rings. The molecule has 21 heavy (non-hydrogen) atoms. The molecule has 0 unspecified atom stereocenters. The Labute approximate surface area is 125 Å². The lowest BCUT2D eigenvalue weighted by molar-refractivity contribution is -0.138. The molecule has 2 aromatic carbocycles. The van der Waals surface area contributed by atoms with E-state index in [9.17, 15) is 13.2 Å². The molecule has 0 atom stereocenters. The third kappa shape index (κ3) is 3.72. The molecule has 0 heterocycles. The standard InChI is InChI=1S/C15H13F3N2S/c1-9-2-5-12(8-13(9)15(16,17)18)20-11-6-3-10(4-7-11)14(19)21/h2-8,20H,1H3,(H2,19,21). The highest BCUT2D eigenvalue weighted by molar-refractivity contribution is 7.80. The number of alkyl halides is 3. The van der Waals surface area contributed by atoms with Gasteiger partial charge in [0.2, 0.25) is 0 Å². The minimum atomic E-state index is -4.36. The lowest BCUT2D eigenvalue weighted by atomic mass is 10.1. The Morgan fingerprint density at radius 2 is 1.62 bits per heavy atom. The number of nitrogens with one attached hydrogen (secondary N) is 1. The number of rotatable bonds is 3. The van der Waals surface area contributed by atoms with Crippen molar-refractivity contribution in [3.63, 3.8) is 0 Å². The molecule has 0 amide bonds. The summed E-state index contributed by atoms with van der Waals surface area (Å²) in [6.07, 6.45) is -4.36. The summed E-state index contributed by atoms with van der Waals surface area (Å²) in [5, 5.41) is 2.93. The number of anilines is 2. The molecule has 0 aromatic heterocycles. The molecule has 0 saturated heterocycles. The van der Waals surface area contributed by atoms with Gasteiger partial charge in [-0.25, -0.2) is 0 Å². The Morgan fingerprint density at radius 1 is 1.05 bits per heavy atom. The highest BCUT2D eigenvalue weighted by atomic mass is 32.1. The van der Waals surface area contributed by atoms with Gasteiger partial charge >= 0.3 is 6.18 Å². The second-order valence-corrected chi connectivity index (χ2v) is 5.03. The molecular formula is C15H13F3N2S. The normalized spacial score (nSPS) is 11.2. The van der Waals surface area contributed by atoms with Crippen LogP contribution in [0.15, 0.2) is 42.5 Å². The number of benzene rings is 2. The van der Waals surface area contributed by atoms with E-state index in [4.69, 9.17) is 18.0 Å². The maximum absolute atomic E-state index is 12.9. The fourth-order valence-electron chi connectivity index (χ4n) is 1.89. The van der Waals surface area contributed by atoms with Crippen LogP contribution in [0.3, 0.4) is 0 Å². The van der Waals surface area contributed by atoms with Crippen LogP contribution in [0.2, 0.25) is 0 Å². The Bertz CT molecular complexity index is 664. The molecular weight excluding hydrogens is 297 g/mol. The van der Waals surface area contributed by atoms with Crippen LogP contribution >= 0.6 is 12.2 Å². The van der Waals surface area contributed by atoms with Gasteiger partial charge in [0.05, 0.1) is 5.56 Å². The quantitative estimate of drug-likeness (QED) is 0.826. The highest BCUT2D eigenvalue weighted by Gasteiger charge is 2.32. The first-order valence-electron chi connectivity index (χ1n) is 6.12. The molecule has 0 saturated carbocycles. The van der Waals surface area contributed by atoms with Crippen LogP contribution in [0.1, 0.15) is 16.7 Å². The third-order valence-electron chi connectivity index (χ3n) is 3.00. The van der Waals surface area contributed by atoms with Crippen LogP contribution in [-0.4, -0.2) is 4.99 Å². The summed E-state index contributed by atoms with van der Waals surface area (Å²) in [6.45, 7) is 1.43. The predicted molar refractivity (Wildman–Crippen MR) is 81.8 cm³/mol. The molecule has 110 valence electrons. The lowest BCUT2D eigenvalue weighted by Gasteiger charge is -2.13. The fraction of sp³-hybridized carbons (Fsp3) is 0.133. The summed E-state index contributed by atoms with van der Waals surface area (Å²) in [6, 6.07) is 11.0. The maximum Gasteiger partial charge on any atom is 0.416 e. The van der Waals surface area contributed by atoms with Gasteiger partial charge in [-0.3, -0.25) is 0 Å². The van der Waals surface area contributed by atoms with Crippen LogP contribution in [0.25, 0.3) is 0 Å². The van der Waals surface area contributed by atoms with E-state index in [0.29, 0.717) is 16.9 Å². The Kier molecular flexibility index (Phi) is 4.18. The van der Waals surface area contributed by atoms with Crippen molar-refractivity contribution < 1.29 is 13.2 Å². The number of hydrogen-bond acceptors (Lipinski definition) is 2. The monoisotopic (exact) mass is 310 g/mol. The number of hydrogen-bond donors (Lipinski definition) is 2. The van der Waals surface area contributed by atoms with Crippen molar-refractivity contribution >= 4 is 28.6 Å².